The van der Waals surface area contributed by atoms with Crippen molar-refractivity contribution in [3.63, 3.8) is 0 Å². The second kappa shape index (κ2) is 3.48. The lowest BCUT2D eigenvalue weighted by molar-refractivity contribution is -0.286. The van der Waals surface area contributed by atoms with Crippen LogP contribution in [-0.2, 0) is 4.79 Å². The summed E-state index contributed by atoms with van der Waals surface area (Å²) in [6.07, 6.45) is -1.49. The van der Waals surface area contributed by atoms with Gasteiger partial charge in [-0.15, -0.1) is 8.78 Å². The van der Waals surface area contributed by atoms with Crippen molar-refractivity contribution in [1.29, 1.82) is 0 Å². The third-order valence-corrected chi connectivity index (χ3v) is 1.84. The predicted molar refractivity (Wildman–Crippen MR) is 49.3 cm³/mol. The molecule has 0 fully saturated rings. The minimum Gasteiger partial charge on any atom is -0.478 e. The van der Waals surface area contributed by atoms with Crippen LogP contribution < -0.4 is 9.47 Å². The Hall–Kier alpha value is -2.11. The molecule has 1 aliphatic heterocycles. The second-order valence-electron chi connectivity index (χ2n) is 3.05. The van der Waals surface area contributed by atoms with E-state index in [0.717, 1.165) is 6.08 Å². The molecule has 16 heavy (non-hydrogen) atoms. The Kier molecular flexibility index (Phi) is 2.26. The van der Waals surface area contributed by atoms with E-state index in [1.807, 2.05) is 0 Å². The number of carboxylic acids is 1. The van der Waals surface area contributed by atoms with E-state index >= 15 is 0 Å². The number of hydrogen-bond donors (Lipinski definition) is 1. The van der Waals surface area contributed by atoms with Crippen LogP contribution in [0.3, 0.4) is 0 Å². The summed E-state index contributed by atoms with van der Waals surface area (Å²) >= 11 is 0. The van der Waals surface area contributed by atoms with Gasteiger partial charge in [0.15, 0.2) is 11.5 Å². The SMILES string of the molecule is O=C(O)/C=C\c1ccc2c(c1)OC(F)(F)O2. The van der Waals surface area contributed by atoms with Crippen LogP contribution in [0.4, 0.5) is 8.78 Å². The number of carboxylic acid groups (broad SMARTS) is 1. The molecule has 0 aliphatic carbocycles. The van der Waals surface area contributed by atoms with Gasteiger partial charge in [-0.3, -0.25) is 0 Å². The number of fused-ring (bicyclic) bond motifs is 1. The van der Waals surface area contributed by atoms with Gasteiger partial charge >= 0.3 is 12.3 Å². The van der Waals surface area contributed by atoms with Gasteiger partial charge in [-0.2, -0.15) is 0 Å². The van der Waals surface area contributed by atoms with E-state index < -0.39 is 12.3 Å². The van der Waals surface area contributed by atoms with Gasteiger partial charge < -0.3 is 14.6 Å². The lowest BCUT2D eigenvalue weighted by atomic mass is 10.2. The molecule has 0 spiro atoms. The summed E-state index contributed by atoms with van der Waals surface area (Å²) < 4.78 is 33.6. The first-order valence-corrected chi connectivity index (χ1v) is 4.27. The Morgan fingerprint density at radius 1 is 1.31 bits per heavy atom. The highest BCUT2D eigenvalue weighted by Gasteiger charge is 2.43. The molecule has 6 heteroatoms. The van der Waals surface area contributed by atoms with Crippen molar-refractivity contribution in [2.75, 3.05) is 0 Å². The Bertz CT molecular complexity index is 468. The van der Waals surface area contributed by atoms with Crippen LogP contribution in [0.25, 0.3) is 6.08 Å². The number of hydrogen-bond acceptors (Lipinski definition) is 3. The van der Waals surface area contributed by atoms with Crippen LogP contribution in [0, 0.1) is 0 Å². The minimum absolute atomic E-state index is 0.0718. The summed E-state index contributed by atoms with van der Waals surface area (Å²) in [5.41, 5.74) is 0.433. The largest absolute Gasteiger partial charge is 0.586 e. The van der Waals surface area contributed by atoms with E-state index in [-0.39, 0.29) is 11.5 Å². The summed E-state index contributed by atoms with van der Waals surface area (Å²) in [6, 6.07) is 4.01. The van der Waals surface area contributed by atoms with E-state index in [1.54, 1.807) is 0 Å². The zero-order chi connectivity index (χ0) is 11.8. The number of ether oxygens (including phenoxy) is 2. The van der Waals surface area contributed by atoms with Crippen LogP contribution in [0.5, 0.6) is 11.5 Å². The van der Waals surface area contributed by atoms with Crippen molar-refractivity contribution in [3.8, 4) is 11.5 Å². The molecule has 0 amide bonds. The molecule has 1 heterocycles. The molecule has 0 radical (unpaired) electrons. The summed E-state index contributed by atoms with van der Waals surface area (Å²) in [7, 11) is 0. The fourth-order valence-electron chi connectivity index (χ4n) is 1.24. The maximum Gasteiger partial charge on any atom is 0.586 e. The van der Waals surface area contributed by atoms with E-state index in [0.29, 0.717) is 5.56 Å². The average molecular weight is 228 g/mol. The molecule has 0 bridgehead atoms. The van der Waals surface area contributed by atoms with Gasteiger partial charge in [-0.1, -0.05) is 6.07 Å². The number of halogens is 2. The molecule has 2 rings (SSSR count). The fraction of sp³-hybridized carbons (Fsp3) is 0.100. The first kappa shape index (κ1) is 10.4. The maximum absolute atomic E-state index is 12.6. The quantitative estimate of drug-likeness (QED) is 0.787. The van der Waals surface area contributed by atoms with Gasteiger partial charge in [0.25, 0.3) is 0 Å². The molecule has 0 atom stereocenters. The first-order valence-electron chi connectivity index (χ1n) is 4.27. The molecule has 1 aromatic carbocycles. The maximum atomic E-state index is 12.6. The molecule has 0 saturated carbocycles. The molecular weight excluding hydrogens is 222 g/mol. The van der Waals surface area contributed by atoms with Crippen molar-refractivity contribution in [1.82, 2.24) is 0 Å². The Balaban J connectivity index is 2.26. The van der Waals surface area contributed by atoms with Crippen molar-refractivity contribution in [2.45, 2.75) is 6.29 Å². The van der Waals surface area contributed by atoms with Gasteiger partial charge in [0, 0.05) is 6.08 Å². The van der Waals surface area contributed by atoms with Crippen molar-refractivity contribution in [2.24, 2.45) is 0 Å². The summed E-state index contributed by atoms with van der Waals surface area (Å²) in [4.78, 5) is 10.2. The lowest BCUT2D eigenvalue weighted by Crippen LogP contribution is -2.25. The molecule has 84 valence electrons. The monoisotopic (exact) mass is 228 g/mol. The molecule has 0 unspecified atom stereocenters. The second-order valence-corrected chi connectivity index (χ2v) is 3.05. The van der Waals surface area contributed by atoms with Crippen LogP contribution in [-0.4, -0.2) is 17.4 Å². The molecule has 0 aromatic heterocycles. The predicted octanol–water partition coefficient (Wildman–Crippen LogP) is 2.11. The smallest absolute Gasteiger partial charge is 0.478 e. The van der Waals surface area contributed by atoms with Gasteiger partial charge in [0.1, 0.15) is 0 Å². The number of alkyl halides is 2. The fourth-order valence-corrected chi connectivity index (χ4v) is 1.24. The van der Waals surface area contributed by atoms with Crippen LogP contribution >= 0.6 is 0 Å². The number of carbonyl (C=O) groups is 1. The third-order valence-electron chi connectivity index (χ3n) is 1.84. The highest BCUT2D eigenvalue weighted by atomic mass is 19.3. The summed E-state index contributed by atoms with van der Waals surface area (Å²) in [5, 5.41) is 8.39. The van der Waals surface area contributed by atoms with Crippen LogP contribution in [0.1, 0.15) is 5.56 Å². The number of aliphatic carboxylic acids is 1. The molecule has 1 aromatic rings. The Labute approximate surface area is 88.7 Å². The summed E-state index contributed by atoms with van der Waals surface area (Å²) in [5.74, 6) is -1.31. The van der Waals surface area contributed by atoms with Crippen molar-refractivity contribution >= 4 is 12.0 Å². The highest BCUT2D eigenvalue weighted by Crippen LogP contribution is 2.41. The molecular formula is C10H6F2O4. The third kappa shape index (κ3) is 2.10. The Morgan fingerprint density at radius 3 is 2.69 bits per heavy atom. The normalized spacial score (nSPS) is 16.6. The topological polar surface area (TPSA) is 55.8 Å². The van der Waals surface area contributed by atoms with Gasteiger partial charge in [0.05, 0.1) is 0 Å². The standard InChI is InChI=1S/C10H6F2O4/c11-10(12)15-7-3-1-6(2-4-9(13)14)5-8(7)16-10/h1-5H,(H,13,14)/b4-2-. The van der Waals surface area contributed by atoms with Gasteiger partial charge in [-0.05, 0) is 23.8 Å². The minimum atomic E-state index is -3.66. The lowest BCUT2D eigenvalue weighted by Gasteiger charge is -2.04. The van der Waals surface area contributed by atoms with Crippen molar-refractivity contribution < 1.29 is 28.2 Å². The van der Waals surface area contributed by atoms with E-state index in [2.05, 4.69) is 9.47 Å². The van der Waals surface area contributed by atoms with E-state index in [1.165, 1.54) is 24.3 Å². The zero-order valence-electron chi connectivity index (χ0n) is 7.81. The van der Waals surface area contributed by atoms with Crippen LogP contribution in [0.15, 0.2) is 24.3 Å². The number of rotatable bonds is 2. The first-order chi connectivity index (χ1) is 7.46. The Morgan fingerprint density at radius 2 is 2.00 bits per heavy atom. The van der Waals surface area contributed by atoms with E-state index in [4.69, 9.17) is 5.11 Å². The van der Waals surface area contributed by atoms with E-state index in [9.17, 15) is 13.6 Å². The van der Waals surface area contributed by atoms with Crippen molar-refractivity contribution in [3.05, 3.63) is 29.8 Å². The van der Waals surface area contributed by atoms with Crippen LogP contribution in [0.2, 0.25) is 0 Å². The average Bonchev–Trinajstić information content (AvgIpc) is 2.47. The highest BCUT2D eigenvalue weighted by molar-refractivity contribution is 5.85. The van der Waals surface area contributed by atoms with Gasteiger partial charge in [0.2, 0.25) is 0 Å². The zero-order valence-corrected chi connectivity index (χ0v) is 7.81. The molecule has 1 N–H and O–H groups in total. The molecule has 4 nitrogen and oxygen atoms in total. The van der Waals surface area contributed by atoms with Gasteiger partial charge in [-0.25, -0.2) is 4.79 Å². The molecule has 1 aliphatic rings. The molecule has 0 saturated heterocycles. The summed E-state index contributed by atoms with van der Waals surface area (Å²) in [6.45, 7) is 0. The number of benzene rings is 1.